The van der Waals surface area contributed by atoms with Crippen molar-refractivity contribution in [1.29, 1.82) is 0 Å². The third-order valence-electron chi connectivity index (χ3n) is 5.07. The topological polar surface area (TPSA) is 70.2 Å². The van der Waals surface area contributed by atoms with Crippen molar-refractivity contribution >= 4 is 35.1 Å². The zero-order valence-electron chi connectivity index (χ0n) is 14.1. The lowest BCUT2D eigenvalue weighted by Crippen LogP contribution is -2.46. The van der Waals surface area contributed by atoms with Crippen molar-refractivity contribution in [2.24, 2.45) is 0 Å². The van der Waals surface area contributed by atoms with Crippen LogP contribution in [0, 0.1) is 5.82 Å². The van der Waals surface area contributed by atoms with Gasteiger partial charge in [0.15, 0.2) is 0 Å². The first-order valence-corrected chi connectivity index (χ1v) is 9.26. The number of nitrogens with one attached hydrogen (secondary N) is 3. The summed E-state index contributed by atoms with van der Waals surface area (Å²) in [6.45, 7) is 0.217. The highest BCUT2D eigenvalue weighted by Gasteiger charge is 2.38. The summed E-state index contributed by atoms with van der Waals surface area (Å²) < 4.78 is 13.6. The number of amides is 3. The van der Waals surface area contributed by atoms with Crippen molar-refractivity contribution in [2.75, 3.05) is 6.54 Å². The van der Waals surface area contributed by atoms with Gasteiger partial charge in [-0.25, -0.2) is 9.18 Å². The molecule has 1 aliphatic carbocycles. The van der Waals surface area contributed by atoms with Gasteiger partial charge in [0, 0.05) is 17.5 Å². The van der Waals surface area contributed by atoms with Gasteiger partial charge in [-0.05, 0) is 41.3 Å². The van der Waals surface area contributed by atoms with E-state index in [0.717, 1.165) is 11.1 Å². The summed E-state index contributed by atoms with van der Waals surface area (Å²) in [7, 11) is 0. The largest absolute Gasteiger partial charge is 0.347 e. The van der Waals surface area contributed by atoms with E-state index in [-0.39, 0.29) is 29.4 Å². The van der Waals surface area contributed by atoms with Crippen molar-refractivity contribution in [2.45, 2.75) is 24.4 Å². The zero-order chi connectivity index (χ0) is 19.1. The molecule has 0 aromatic heterocycles. The fraction of sp³-hybridized carbons (Fsp3) is 0.263. The standard InChI is InChI=1S/C19H16Cl2FN3O2/c20-13-3-1-2-10-11(13)7-12(10)17(9-4-5-15(22)14(21)6-9)25-18(26)16-8-23-19(27)24-16/h1-6,12,16-17H,7-8H2,(H,25,26)(H2,23,24,27). The molecule has 2 aromatic rings. The third-order valence-corrected chi connectivity index (χ3v) is 5.71. The molecule has 3 N–H and O–H groups in total. The van der Waals surface area contributed by atoms with Crippen LogP contribution in [-0.4, -0.2) is 24.5 Å². The molecule has 0 radical (unpaired) electrons. The Kier molecular flexibility index (Phi) is 4.70. The van der Waals surface area contributed by atoms with Gasteiger partial charge in [-0.1, -0.05) is 41.4 Å². The van der Waals surface area contributed by atoms with E-state index in [1.807, 2.05) is 18.2 Å². The molecule has 0 bridgehead atoms. The van der Waals surface area contributed by atoms with Crippen LogP contribution >= 0.6 is 23.2 Å². The van der Waals surface area contributed by atoms with E-state index < -0.39 is 17.9 Å². The van der Waals surface area contributed by atoms with Crippen LogP contribution < -0.4 is 16.0 Å². The predicted octanol–water partition coefficient (Wildman–Crippen LogP) is 3.31. The molecule has 3 amide bonds. The minimum absolute atomic E-state index is 0.00627. The molecule has 8 heteroatoms. The van der Waals surface area contributed by atoms with Gasteiger partial charge in [0.1, 0.15) is 11.9 Å². The summed E-state index contributed by atoms with van der Waals surface area (Å²) in [4.78, 5) is 24.0. The Morgan fingerprint density at radius 1 is 1.22 bits per heavy atom. The molecule has 1 heterocycles. The minimum Gasteiger partial charge on any atom is -0.347 e. The first-order chi connectivity index (χ1) is 12.9. The molecule has 0 spiro atoms. The molecule has 27 heavy (non-hydrogen) atoms. The van der Waals surface area contributed by atoms with Gasteiger partial charge in [0.2, 0.25) is 5.91 Å². The Morgan fingerprint density at radius 2 is 2.04 bits per heavy atom. The first kappa shape index (κ1) is 18.1. The second-order valence-electron chi connectivity index (χ2n) is 6.68. The summed E-state index contributed by atoms with van der Waals surface area (Å²) >= 11 is 12.2. The van der Waals surface area contributed by atoms with E-state index in [0.29, 0.717) is 17.0 Å². The maximum absolute atomic E-state index is 13.6. The highest BCUT2D eigenvalue weighted by Crippen LogP contribution is 2.46. The van der Waals surface area contributed by atoms with Crippen molar-refractivity contribution in [3.63, 3.8) is 0 Å². The molecule has 2 aromatic carbocycles. The van der Waals surface area contributed by atoms with Crippen molar-refractivity contribution in [3.8, 4) is 0 Å². The third kappa shape index (κ3) is 3.35. The van der Waals surface area contributed by atoms with Gasteiger partial charge in [-0.3, -0.25) is 4.79 Å². The smallest absolute Gasteiger partial charge is 0.315 e. The number of urea groups is 1. The van der Waals surface area contributed by atoms with Crippen LogP contribution in [0.25, 0.3) is 0 Å². The minimum atomic E-state index is -0.658. The second-order valence-corrected chi connectivity index (χ2v) is 7.50. The fourth-order valence-corrected chi connectivity index (χ4v) is 4.07. The van der Waals surface area contributed by atoms with Crippen molar-refractivity contribution in [3.05, 3.63) is 69.0 Å². The number of benzene rings is 2. The monoisotopic (exact) mass is 407 g/mol. The molecule has 1 saturated heterocycles. The molecule has 1 fully saturated rings. The molecule has 3 unspecified atom stereocenters. The number of carbonyl (C=O) groups excluding carboxylic acids is 2. The van der Waals surface area contributed by atoms with Crippen LogP contribution in [0.1, 0.15) is 28.7 Å². The maximum Gasteiger partial charge on any atom is 0.315 e. The molecule has 140 valence electrons. The molecule has 1 aliphatic heterocycles. The summed E-state index contributed by atoms with van der Waals surface area (Å²) in [5.41, 5.74) is 2.79. The average molecular weight is 408 g/mol. The molecule has 0 saturated carbocycles. The highest BCUT2D eigenvalue weighted by atomic mass is 35.5. The van der Waals surface area contributed by atoms with Crippen molar-refractivity contribution < 1.29 is 14.0 Å². The quantitative estimate of drug-likeness (QED) is 0.727. The Bertz CT molecular complexity index is 937. The number of hydrogen-bond donors (Lipinski definition) is 3. The van der Waals surface area contributed by atoms with Crippen molar-refractivity contribution in [1.82, 2.24) is 16.0 Å². The lowest BCUT2D eigenvalue weighted by molar-refractivity contribution is -0.123. The van der Waals surface area contributed by atoms with Crippen LogP contribution in [0.5, 0.6) is 0 Å². The summed E-state index contributed by atoms with van der Waals surface area (Å²) in [6.07, 6.45) is 0.685. The average Bonchev–Trinajstić information content (AvgIpc) is 3.05. The van der Waals surface area contributed by atoms with Crippen LogP contribution in [0.4, 0.5) is 9.18 Å². The molecule has 3 atom stereocenters. The molecule has 2 aliphatic rings. The Balaban J connectivity index is 1.64. The maximum atomic E-state index is 13.6. The van der Waals surface area contributed by atoms with Gasteiger partial charge < -0.3 is 16.0 Å². The lowest BCUT2D eigenvalue weighted by Gasteiger charge is -2.38. The summed E-state index contributed by atoms with van der Waals surface area (Å²) in [5.74, 6) is -0.849. The number of carbonyl (C=O) groups is 2. The molecular formula is C19H16Cl2FN3O2. The van der Waals surface area contributed by atoms with Crippen LogP contribution in [0.3, 0.4) is 0 Å². The predicted molar refractivity (Wildman–Crippen MR) is 101 cm³/mol. The SMILES string of the molecule is O=C1NCC(C(=O)NC(c2ccc(F)c(Cl)c2)C2Cc3c(Cl)cccc32)N1. The number of hydrogen-bond acceptors (Lipinski definition) is 2. The number of halogens is 3. The summed E-state index contributed by atoms with van der Waals surface area (Å²) in [5, 5.41) is 8.80. The Labute approximate surface area is 165 Å². The molecule has 5 nitrogen and oxygen atoms in total. The first-order valence-electron chi connectivity index (χ1n) is 8.51. The fourth-order valence-electron chi connectivity index (χ4n) is 3.62. The van der Waals surface area contributed by atoms with Gasteiger partial charge in [-0.2, -0.15) is 0 Å². The van der Waals surface area contributed by atoms with Crippen LogP contribution in [0.2, 0.25) is 10.0 Å². The molecular weight excluding hydrogens is 392 g/mol. The van der Waals surface area contributed by atoms with E-state index in [1.54, 1.807) is 6.07 Å². The van der Waals surface area contributed by atoms with Crippen LogP contribution in [0.15, 0.2) is 36.4 Å². The molecule has 4 rings (SSSR count). The van der Waals surface area contributed by atoms with E-state index in [9.17, 15) is 14.0 Å². The Morgan fingerprint density at radius 3 is 2.74 bits per heavy atom. The lowest BCUT2D eigenvalue weighted by atomic mass is 9.71. The normalized spacial score (nSPS) is 21.5. The van der Waals surface area contributed by atoms with E-state index >= 15 is 0 Å². The van der Waals surface area contributed by atoms with E-state index in [4.69, 9.17) is 23.2 Å². The van der Waals surface area contributed by atoms with Gasteiger partial charge >= 0.3 is 6.03 Å². The number of rotatable bonds is 4. The van der Waals surface area contributed by atoms with Gasteiger partial charge in [-0.15, -0.1) is 0 Å². The van der Waals surface area contributed by atoms with Crippen LogP contribution in [-0.2, 0) is 11.2 Å². The van der Waals surface area contributed by atoms with E-state index in [2.05, 4.69) is 16.0 Å². The van der Waals surface area contributed by atoms with Gasteiger partial charge in [0.05, 0.1) is 11.1 Å². The second kappa shape index (κ2) is 7.02. The zero-order valence-corrected chi connectivity index (χ0v) is 15.6. The van der Waals surface area contributed by atoms with Gasteiger partial charge in [0.25, 0.3) is 0 Å². The Hall–Kier alpha value is -2.31. The van der Waals surface area contributed by atoms with E-state index in [1.165, 1.54) is 12.1 Å². The summed E-state index contributed by atoms with van der Waals surface area (Å²) in [6, 6.07) is 8.64. The highest BCUT2D eigenvalue weighted by molar-refractivity contribution is 6.31. The number of fused-ring (bicyclic) bond motifs is 1.